The van der Waals surface area contributed by atoms with E-state index in [9.17, 15) is 0 Å². The van der Waals surface area contributed by atoms with E-state index in [4.69, 9.17) is 0 Å². The molecule has 3 aliphatic heterocycles. The average Bonchev–Trinajstić information content (AvgIpc) is 3.18. The number of benzene rings is 1. The number of nitrogens with zero attached hydrogens (tertiary/aromatic N) is 4. The number of hydrogen-bond donors (Lipinski definition) is 0. The van der Waals surface area contributed by atoms with Crippen molar-refractivity contribution in [3.63, 3.8) is 0 Å². The summed E-state index contributed by atoms with van der Waals surface area (Å²) in [6.45, 7) is 3.60. The largest absolute Gasteiger partial charge is 0.346 e. The van der Waals surface area contributed by atoms with Crippen molar-refractivity contribution >= 4 is 16.5 Å². The Bertz CT molecular complexity index is 689. The lowest BCUT2D eigenvalue weighted by molar-refractivity contribution is -0.0186. The first-order valence-corrected chi connectivity index (χ1v) is 10.6. The zero-order valence-corrected chi connectivity index (χ0v) is 15.4. The lowest BCUT2D eigenvalue weighted by atomic mass is 9.74. The first kappa shape index (κ1) is 15.8. The van der Waals surface area contributed by atoms with Crippen LogP contribution in [0.5, 0.6) is 0 Å². The molecule has 0 aliphatic carbocycles. The Kier molecular flexibility index (Phi) is 4.22. The van der Waals surface area contributed by atoms with Gasteiger partial charge in [-0.1, -0.05) is 48.1 Å². The molecule has 1 aromatic heterocycles. The van der Waals surface area contributed by atoms with Crippen molar-refractivity contribution in [3.05, 3.63) is 41.4 Å². The van der Waals surface area contributed by atoms with Crippen LogP contribution in [0.15, 0.2) is 35.8 Å². The molecular weight excluding hydrogens is 328 g/mol. The zero-order chi connectivity index (χ0) is 16.6. The van der Waals surface area contributed by atoms with E-state index < -0.39 is 0 Å². The normalized spacial score (nSPS) is 32.4. The van der Waals surface area contributed by atoms with Gasteiger partial charge in [0.25, 0.3) is 0 Å². The minimum atomic E-state index is 0.736. The minimum Gasteiger partial charge on any atom is -0.346 e. The van der Waals surface area contributed by atoms with Gasteiger partial charge >= 0.3 is 0 Å². The van der Waals surface area contributed by atoms with Gasteiger partial charge in [-0.25, -0.2) is 0 Å². The second kappa shape index (κ2) is 6.69. The van der Waals surface area contributed by atoms with E-state index in [0.29, 0.717) is 0 Å². The van der Waals surface area contributed by atoms with Crippen LogP contribution in [-0.4, -0.2) is 46.8 Å². The van der Waals surface area contributed by atoms with Gasteiger partial charge in [-0.05, 0) is 43.1 Å². The summed E-state index contributed by atoms with van der Waals surface area (Å²) < 4.78 is 0. The van der Waals surface area contributed by atoms with Crippen LogP contribution in [-0.2, 0) is 6.42 Å². The summed E-state index contributed by atoms with van der Waals surface area (Å²) in [5, 5.41) is 9.50. The van der Waals surface area contributed by atoms with Gasteiger partial charge in [0, 0.05) is 31.7 Å². The lowest BCUT2D eigenvalue weighted by Gasteiger charge is -2.55. The lowest BCUT2D eigenvalue weighted by Crippen LogP contribution is -2.62. The van der Waals surface area contributed by atoms with Crippen molar-refractivity contribution < 1.29 is 0 Å². The summed E-state index contributed by atoms with van der Waals surface area (Å²) in [7, 11) is 0. The number of anilines is 1. The van der Waals surface area contributed by atoms with E-state index in [1.54, 1.807) is 11.3 Å². The van der Waals surface area contributed by atoms with Crippen LogP contribution < -0.4 is 4.90 Å². The molecule has 3 saturated heterocycles. The van der Waals surface area contributed by atoms with Gasteiger partial charge in [0.1, 0.15) is 5.51 Å². The Morgan fingerprint density at radius 2 is 2.00 bits per heavy atom. The fourth-order valence-electron chi connectivity index (χ4n) is 5.48. The molecule has 0 saturated carbocycles. The Morgan fingerprint density at radius 3 is 2.84 bits per heavy atom. The van der Waals surface area contributed by atoms with Crippen LogP contribution in [0.1, 0.15) is 31.2 Å². The molecule has 1 aromatic carbocycles. The molecule has 0 amide bonds. The van der Waals surface area contributed by atoms with Crippen LogP contribution >= 0.6 is 11.3 Å². The van der Waals surface area contributed by atoms with E-state index in [-0.39, 0.29) is 0 Å². The van der Waals surface area contributed by atoms with Crippen molar-refractivity contribution in [3.8, 4) is 0 Å². The van der Waals surface area contributed by atoms with Gasteiger partial charge in [0.05, 0.1) is 0 Å². The molecular formula is C20H26N4S. The molecule has 0 N–H and O–H groups in total. The number of piperidine rings is 3. The third-order valence-electron chi connectivity index (χ3n) is 6.45. The number of fused-ring (bicyclic) bond motifs is 4. The first-order valence-electron chi connectivity index (χ1n) is 9.67. The molecule has 0 unspecified atom stereocenters. The molecule has 3 fully saturated rings. The van der Waals surface area contributed by atoms with E-state index in [1.165, 1.54) is 50.8 Å². The molecule has 3 aliphatic rings. The molecule has 0 radical (unpaired) electrons. The SMILES string of the molecule is c1ccc(C[C@H]2CCC[C@H]3[C@@H]4C[C@@H](CN(c5nncs5)C4)CN23)cc1. The molecule has 4 atom stereocenters. The van der Waals surface area contributed by atoms with Crippen molar-refractivity contribution in [2.75, 3.05) is 24.5 Å². The highest BCUT2D eigenvalue weighted by molar-refractivity contribution is 7.13. The highest BCUT2D eigenvalue weighted by Crippen LogP contribution is 2.41. The second-order valence-corrected chi connectivity index (χ2v) is 8.84. The topological polar surface area (TPSA) is 32.3 Å². The molecule has 0 spiro atoms. The average molecular weight is 355 g/mol. The van der Waals surface area contributed by atoms with Gasteiger partial charge < -0.3 is 4.90 Å². The Balaban J connectivity index is 1.33. The number of aromatic nitrogens is 2. The molecule has 4 nitrogen and oxygen atoms in total. The Hall–Kier alpha value is -1.46. The minimum absolute atomic E-state index is 0.736. The molecule has 25 heavy (non-hydrogen) atoms. The maximum Gasteiger partial charge on any atom is 0.208 e. The van der Waals surface area contributed by atoms with Crippen LogP contribution in [0, 0.1) is 11.8 Å². The summed E-state index contributed by atoms with van der Waals surface area (Å²) in [5.41, 5.74) is 3.36. The fraction of sp³-hybridized carbons (Fsp3) is 0.600. The molecule has 132 valence electrons. The van der Waals surface area contributed by atoms with Crippen molar-refractivity contribution in [2.45, 2.75) is 44.2 Å². The summed E-state index contributed by atoms with van der Waals surface area (Å²) in [6.07, 6.45) is 6.77. The molecule has 5 heteroatoms. The van der Waals surface area contributed by atoms with E-state index in [2.05, 4.69) is 50.3 Å². The third-order valence-corrected chi connectivity index (χ3v) is 7.20. The number of rotatable bonds is 3. The van der Waals surface area contributed by atoms with Crippen molar-refractivity contribution in [2.24, 2.45) is 11.8 Å². The molecule has 5 rings (SSSR count). The smallest absolute Gasteiger partial charge is 0.208 e. The monoisotopic (exact) mass is 354 g/mol. The van der Waals surface area contributed by atoms with Gasteiger partial charge in [-0.3, -0.25) is 4.90 Å². The maximum atomic E-state index is 4.32. The summed E-state index contributed by atoms with van der Waals surface area (Å²) >= 11 is 1.69. The van der Waals surface area contributed by atoms with Crippen LogP contribution in [0.4, 0.5) is 5.13 Å². The Morgan fingerprint density at radius 1 is 1.08 bits per heavy atom. The molecule has 2 bridgehead atoms. The zero-order valence-electron chi connectivity index (χ0n) is 14.6. The van der Waals surface area contributed by atoms with Gasteiger partial charge in [-0.15, -0.1) is 10.2 Å². The summed E-state index contributed by atoms with van der Waals surface area (Å²) in [6, 6.07) is 12.6. The third kappa shape index (κ3) is 3.08. The Labute approximate surface area is 153 Å². The van der Waals surface area contributed by atoms with Crippen LogP contribution in [0.25, 0.3) is 0 Å². The van der Waals surface area contributed by atoms with E-state index in [0.717, 1.165) is 35.6 Å². The van der Waals surface area contributed by atoms with E-state index >= 15 is 0 Å². The summed E-state index contributed by atoms with van der Waals surface area (Å²) in [4.78, 5) is 5.40. The highest BCUT2D eigenvalue weighted by Gasteiger charge is 2.44. The van der Waals surface area contributed by atoms with Crippen LogP contribution in [0.3, 0.4) is 0 Å². The predicted molar refractivity (Wildman–Crippen MR) is 102 cm³/mol. The molecule has 2 aromatic rings. The number of hydrogen-bond acceptors (Lipinski definition) is 5. The van der Waals surface area contributed by atoms with Crippen molar-refractivity contribution in [1.29, 1.82) is 0 Å². The summed E-state index contributed by atoms with van der Waals surface area (Å²) in [5.74, 6) is 1.59. The highest BCUT2D eigenvalue weighted by atomic mass is 32.1. The van der Waals surface area contributed by atoms with Gasteiger partial charge in [0.15, 0.2) is 0 Å². The second-order valence-electron chi connectivity index (χ2n) is 8.03. The fourth-order valence-corrected chi connectivity index (χ4v) is 6.06. The standard InChI is InChI=1S/C20H26N4S/c1-2-5-15(6-3-1)10-18-7-4-8-19-17-9-16(12-24(18)19)11-23(13-17)20-22-21-14-25-20/h1-3,5-6,14,16-19H,4,7-13H2/t16-,17+,18+,19-/m0/s1. The van der Waals surface area contributed by atoms with E-state index in [1.807, 2.05) is 5.51 Å². The predicted octanol–water partition coefficient (Wildman–Crippen LogP) is 3.46. The van der Waals surface area contributed by atoms with Crippen LogP contribution in [0.2, 0.25) is 0 Å². The first-order chi connectivity index (χ1) is 12.4. The molecule has 4 heterocycles. The van der Waals surface area contributed by atoms with Gasteiger partial charge in [0.2, 0.25) is 5.13 Å². The van der Waals surface area contributed by atoms with Crippen molar-refractivity contribution in [1.82, 2.24) is 15.1 Å². The maximum absolute atomic E-state index is 4.32. The quantitative estimate of drug-likeness (QED) is 0.845. The van der Waals surface area contributed by atoms with Gasteiger partial charge in [-0.2, -0.15) is 0 Å².